The maximum Gasteiger partial charge on any atom is 0.433 e. The highest BCUT2D eigenvalue weighted by Crippen LogP contribution is 2.43. The van der Waals surface area contributed by atoms with Gasteiger partial charge in [-0.1, -0.05) is 149 Å². The topological polar surface area (TPSA) is 371 Å². The molecule has 10 aromatic carbocycles. The molecule has 21 rings (SSSR count). The number of benzene rings is 10. The van der Waals surface area contributed by atoms with Crippen molar-refractivity contribution in [1.82, 2.24) is 79.7 Å². The van der Waals surface area contributed by atoms with Crippen molar-refractivity contribution in [1.29, 1.82) is 0 Å². The number of alkyl halides is 3. The van der Waals surface area contributed by atoms with Gasteiger partial charge in [0.15, 0.2) is 46.3 Å². The second-order valence-corrected chi connectivity index (χ2v) is 33.8. The first kappa shape index (κ1) is 98.2. The number of nitrogens with one attached hydrogen (secondary N) is 2. The fourth-order valence-corrected chi connectivity index (χ4v) is 16.5. The molecule has 0 saturated carbocycles. The molecule has 0 radical (unpaired) electrons. The van der Waals surface area contributed by atoms with Crippen LogP contribution in [0.25, 0.3) is 65.6 Å². The average molecular weight is 2030 g/mol. The lowest BCUT2D eigenvalue weighted by Gasteiger charge is -2.12. The Labute approximate surface area is 839 Å². The predicted molar refractivity (Wildman–Crippen MR) is 544 cm³/mol. The van der Waals surface area contributed by atoms with E-state index in [1.807, 2.05) is 121 Å². The summed E-state index contributed by atoms with van der Waals surface area (Å²) in [6.07, 6.45) is 17.6. The largest absolute Gasteiger partial charge is 0.454 e. The summed E-state index contributed by atoms with van der Waals surface area (Å²) in [6.45, 7) is 0. The van der Waals surface area contributed by atoms with E-state index in [2.05, 4.69) is 90.4 Å². The zero-order chi connectivity index (χ0) is 100. The molecule has 0 saturated heterocycles. The lowest BCUT2D eigenvalue weighted by Crippen LogP contribution is -2.10. The summed E-state index contributed by atoms with van der Waals surface area (Å²) in [5, 5.41) is 14.8. The smallest absolute Gasteiger partial charge is 0.433 e. The minimum absolute atomic E-state index is 0.00280. The Hall–Kier alpha value is -17.4. The third kappa shape index (κ3) is 26.0. The lowest BCUT2D eigenvalue weighted by atomic mass is 10.1. The Morgan fingerprint density at radius 3 is 1.12 bits per heavy atom. The van der Waals surface area contributed by atoms with Gasteiger partial charge < -0.3 is 52.5 Å². The van der Waals surface area contributed by atoms with Gasteiger partial charge in [-0.2, -0.15) is 23.1 Å². The first-order valence-electron chi connectivity index (χ1n) is 43.3. The number of pyridine rings is 6. The minimum Gasteiger partial charge on any atom is -0.454 e. The highest BCUT2D eigenvalue weighted by atomic mass is 35.5. The van der Waals surface area contributed by atoms with Gasteiger partial charge in [-0.05, 0) is 168 Å². The maximum atomic E-state index is 14.8. The van der Waals surface area contributed by atoms with Crippen LogP contribution >= 0.6 is 58.2 Å². The van der Waals surface area contributed by atoms with Crippen LogP contribution in [0, 0.1) is 23.3 Å². The summed E-state index contributed by atoms with van der Waals surface area (Å²) < 4.78 is 120. The molecule has 11 aromatic heterocycles. The van der Waals surface area contributed by atoms with Crippen LogP contribution in [-0.4, -0.2) is 79.7 Å². The van der Waals surface area contributed by atoms with E-state index < -0.39 is 35.1 Å². The van der Waals surface area contributed by atoms with Gasteiger partial charge in [0.05, 0.1) is 32.8 Å². The summed E-state index contributed by atoms with van der Waals surface area (Å²) in [5.41, 5.74) is 29.3. The van der Waals surface area contributed by atoms with Crippen LogP contribution in [-0.2, 0) is 25.4 Å². The third-order valence-electron chi connectivity index (χ3n) is 20.9. The maximum absolute atomic E-state index is 14.8. The van der Waals surface area contributed by atoms with Gasteiger partial charge in [0, 0.05) is 199 Å². The molecule has 38 heteroatoms. The SMILES string of the molecule is Fc1cc(Cc2nccc(C(F)(F)F)n2)ccc1Oc1cccc2cnccc12.Nc1nc(Cl)cc(Cc2cc(Cl)c(Sc3ccncc3)c(Cl)c2)n1.Nc1nc(Cl)cc(Cc2ccc(Oc3cccc4cnccc34)c(F)c2)n1.Nc1nc(Nc2ccc(Oc3cccc4cnccc34)c(F)c2)cc(-c2ccccc2)n1.Nc1nc(Nc2ccc(Oc3cccc4cnccc34)c(F)c2)cc(-c2cccnc2)n1. The molecule has 0 aliphatic rings. The first-order valence-corrected chi connectivity index (χ1v) is 45.6. The first-order chi connectivity index (χ1) is 69.8. The predicted octanol–water partition coefficient (Wildman–Crippen LogP) is 26.8. The highest BCUT2D eigenvalue weighted by molar-refractivity contribution is 7.99. The molecule has 0 aliphatic heterocycles. The Morgan fingerprint density at radius 1 is 0.312 bits per heavy atom. The summed E-state index contributed by atoms with van der Waals surface area (Å²) in [4.78, 5) is 66.4. The van der Waals surface area contributed by atoms with Crippen LogP contribution in [0.2, 0.25) is 20.4 Å². The zero-order valence-corrected chi connectivity index (χ0v) is 78.5. The molecule has 0 bridgehead atoms. The van der Waals surface area contributed by atoms with Crippen molar-refractivity contribution in [3.63, 3.8) is 0 Å². The molecular weight excluding hydrogens is 1950 g/mol. The number of halogens is 11. The van der Waals surface area contributed by atoms with E-state index >= 15 is 0 Å². The summed E-state index contributed by atoms with van der Waals surface area (Å²) >= 11 is 26.1. The Kier molecular flexibility index (Phi) is 31.1. The van der Waals surface area contributed by atoms with Gasteiger partial charge >= 0.3 is 6.18 Å². The Bertz CT molecular complexity index is 7910. The van der Waals surface area contributed by atoms with Gasteiger partial charge in [-0.15, -0.1) is 0 Å². The Balaban J connectivity index is 0.000000124. The van der Waals surface area contributed by atoms with Gasteiger partial charge in [-0.25, -0.2) is 57.4 Å². The number of anilines is 8. The standard InChI is InChI=1S/C25H18FN5O.C24H17FN6O.C21H13F4N3O.C20H14ClFN4O.C16H11Cl3N4S/c26-20-13-18(29-24-14-21(30-25(27)31-24)16-5-2-1-3-6-16)9-10-23(20)32-22-8-4-7-17-15-28-12-11-19(17)22;25-19-11-17(29-23-12-20(30-24(26)31-23)16-4-2-9-27-14-16)6-7-22(19)32-21-5-1-3-15-13-28-10-8-18(15)21;22-16-10-13(11-20-27-9-7-19(28-20)21(23,24)25)4-5-18(16)29-17-3-1-2-14-12-26-8-6-15(14)17;21-19-10-14(25-20(23)26-19)8-12-4-5-18(16(22)9-12)27-17-3-1-2-13-11-24-7-6-15(13)17;17-12-6-9(5-10-8-14(19)23-16(20)22-10)7-13(18)15(12)24-11-1-3-21-4-2-11/h1-15H,(H3,27,29,30,31);1-14H,(H3,26,29,30,31);1-10,12H,11H2;1-7,9-11H,8H2,(H2,23,25,26);1-4,6-8H,5H2,(H2,20,22,23). The molecule has 0 amide bonds. The molecule has 21 aromatic rings. The van der Waals surface area contributed by atoms with Gasteiger partial charge in [0.2, 0.25) is 23.8 Å². The van der Waals surface area contributed by atoms with Crippen molar-refractivity contribution in [2.24, 2.45) is 0 Å². The third-order valence-corrected chi connectivity index (χ3v) is 23.3. The van der Waals surface area contributed by atoms with Crippen LogP contribution in [0.5, 0.6) is 46.0 Å². The second-order valence-electron chi connectivity index (χ2n) is 31.1. The number of nitrogens with zero attached hydrogens (tertiary/aromatic N) is 16. The number of nitrogens with two attached hydrogens (primary N) is 4. The molecular formula is C106H73Cl4F7N22O4S. The highest BCUT2D eigenvalue weighted by Gasteiger charge is 2.33. The molecule has 0 spiro atoms. The van der Waals surface area contributed by atoms with Crippen molar-refractivity contribution < 1.29 is 49.7 Å². The lowest BCUT2D eigenvalue weighted by molar-refractivity contribution is -0.141. The molecule has 0 atom stereocenters. The molecule has 714 valence electrons. The quantitative estimate of drug-likeness (QED) is 0.0271. The van der Waals surface area contributed by atoms with Gasteiger partial charge in [-0.3, -0.25) is 29.9 Å². The van der Waals surface area contributed by atoms with E-state index in [9.17, 15) is 30.7 Å². The van der Waals surface area contributed by atoms with E-state index in [0.29, 0.717) is 102 Å². The monoisotopic (exact) mass is 2020 g/mol. The summed E-state index contributed by atoms with van der Waals surface area (Å²) in [5.74, 6) is 1.68. The molecule has 144 heavy (non-hydrogen) atoms. The number of fused-ring (bicyclic) bond motifs is 4. The van der Waals surface area contributed by atoms with Crippen LogP contribution in [0.4, 0.5) is 77.5 Å². The molecule has 10 N–H and O–H groups in total. The second kappa shape index (κ2) is 45.7. The van der Waals surface area contributed by atoms with E-state index in [-0.39, 0.29) is 64.2 Å². The van der Waals surface area contributed by atoms with E-state index in [1.54, 1.807) is 184 Å². The van der Waals surface area contributed by atoms with Crippen LogP contribution in [0.3, 0.4) is 0 Å². The molecule has 0 fully saturated rings. The number of rotatable bonds is 22. The van der Waals surface area contributed by atoms with Crippen molar-refractivity contribution in [2.75, 3.05) is 33.6 Å². The number of ether oxygens (including phenoxy) is 4. The number of nitrogen functional groups attached to an aromatic ring is 4. The van der Waals surface area contributed by atoms with E-state index in [1.165, 1.54) is 42.1 Å². The van der Waals surface area contributed by atoms with E-state index in [4.69, 9.17) is 88.3 Å². The molecule has 11 heterocycles. The van der Waals surface area contributed by atoms with Crippen molar-refractivity contribution in [3.05, 3.63) is 431 Å². The summed E-state index contributed by atoms with van der Waals surface area (Å²) in [7, 11) is 0. The minimum atomic E-state index is -4.56. The normalized spacial score (nSPS) is 11.0. The van der Waals surface area contributed by atoms with Crippen LogP contribution in [0.1, 0.15) is 39.6 Å². The van der Waals surface area contributed by atoms with E-state index in [0.717, 1.165) is 87.4 Å². The van der Waals surface area contributed by atoms with Crippen molar-refractivity contribution in [2.45, 2.75) is 35.2 Å². The zero-order valence-electron chi connectivity index (χ0n) is 74.7. The molecule has 0 unspecified atom stereocenters. The van der Waals surface area contributed by atoms with Crippen LogP contribution in [0.15, 0.2) is 357 Å². The van der Waals surface area contributed by atoms with Gasteiger partial charge in [0.25, 0.3) is 0 Å². The molecule has 26 nitrogen and oxygen atoms in total. The average Bonchev–Trinajstić information content (AvgIpc) is 0.810. The number of hydrogen-bond donors (Lipinski definition) is 6. The fourth-order valence-electron chi connectivity index (χ4n) is 14.5. The Morgan fingerprint density at radius 2 is 0.708 bits per heavy atom. The van der Waals surface area contributed by atoms with Crippen molar-refractivity contribution >= 4 is 148 Å². The number of aromatic nitrogens is 16. The number of hydrogen-bond acceptors (Lipinski definition) is 27. The van der Waals surface area contributed by atoms with Crippen LogP contribution < -0.4 is 52.5 Å². The summed E-state index contributed by atoms with van der Waals surface area (Å²) in [6, 6.07) is 75.9. The molecule has 0 aliphatic carbocycles. The fraction of sp³-hybridized carbons (Fsp3) is 0.0377. The van der Waals surface area contributed by atoms with Gasteiger partial charge in [0.1, 0.15) is 56.5 Å². The van der Waals surface area contributed by atoms with Crippen molar-refractivity contribution in [3.8, 4) is 68.5 Å².